The van der Waals surface area contributed by atoms with Gasteiger partial charge in [-0.3, -0.25) is 24.8 Å². The minimum atomic E-state index is -0.901. The highest BCUT2D eigenvalue weighted by Crippen LogP contribution is 2.22. The third-order valence-corrected chi connectivity index (χ3v) is 5.59. The largest absolute Gasteiger partial charge is 0.508 e. The van der Waals surface area contributed by atoms with Gasteiger partial charge in [0.05, 0.1) is 18.1 Å². The lowest BCUT2D eigenvalue weighted by atomic mass is 9.95. The molecule has 1 atom stereocenters. The number of nitrogens with zero attached hydrogens (tertiary/aromatic N) is 1. The highest BCUT2D eigenvalue weighted by Gasteiger charge is 2.29. The molecule has 3 amide bonds. The van der Waals surface area contributed by atoms with Crippen molar-refractivity contribution in [1.29, 1.82) is 0 Å². The minimum Gasteiger partial charge on any atom is -0.508 e. The molecular formula is C26H35FN4O4. The summed E-state index contributed by atoms with van der Waals surface area (Å²) in [7, 11) is 0. The molecule has 0 aliphatic carbocycles. The second-order valence-electron chi connectivity index (χ2n) is 9.52. The summed E-state index contributed by atoms with van der Waals surface area (Å²) in [5.41, 5.74) is 11.2. The van der Waals surface area contributed by atoms with Crippen molar-refractivity contribution in [1.82, 2.24) is 15.8 Å². The van der Waals surface area contributed by atoms with Gasteiger partial charge in [0.1, 0.15) is 11.6 Å². The molecule has 0 heterocycles. The van der Waals surface area contributed by atoms with E-state index in [4.69, 9.17) is 5.73 Å². The zero-order chi connectivity index (χ0) is 26.3. The zero-order valence-corrected chi connectivity index (χ0v) is 20.9. The molecule has 0 spiro atoms. The molecule has 8 nitrogen and oxygen atoms in total. The van der Waals surface area contributed by atoms with Crippen LogP contribution in [-0.4, -0.2) is 46.0 Å². The van der Waals surface area contributed by atoms with Crippen LogP contribution in [0, 0.1) is 19.7 Å². The summed E-state index contributed by atoms with van der Waals surface area (Å²) in [4.78, 5) is 37.4. The topological polar surface area (TPSA) is 125 Å². The number of halogens is 1. The van der Waals surface area contributed by atoms with Gasteiger partial charge in [-0.05, 0) is 87.1 Å². The molecule has 2 rings (SSSR count). The number of phenols is 1. The van der Waals surface area contributed by atoms with Gasteiger partial charge >= 0.3 is 0 Å². The van der Waals surface area contributed by atoms with Crippen molar-refractivity contribution in [3.63, 3.8) is 0 Å². The van der Waals surface area contributed by atoms with Crippen molar-refractivity contribution in [2.45, 2.75) is 65.5 Å². The van der Waals surface area contributed by atoms with Crippen molar-refractivity contribution in [2.75, 3.05) is 6.54 Å². The fourth-order valence-corrected chi connectivity index (χ4v) is 3.88. The molecule has 0 aliphatic rings. The highest BCUT2D eigenvalue weighted by atomic mass is 19.1. The van der Waals surface area contributed by atoms with E-state index < -0.39 is 23.4 Å². The second-order valence-corrected chi connectivity index (χ2v) is 9.52. The van der Waals surface area contributed by atoms with Crippen LogP contribution in [0.1, 0.15) is 49.4 Å². The minimum absolute atomic E-state index is 0.0184. The summed E-state index contributed by atoms with van der Waals surface area (Å²) in [5, 5.41) is 13.8. The van der Waals surface area contributed by atoms with E-state index in [9.17, 15) is 23.9 Å². The first kappa shape index (κ1) is 27.8. The molecule has 9 heteroatoms. The number of benzene rings is 2. The van der Waals surface area contributed by atoms with Crippen LogP contribution in [0.5, 0.6) is 5.75 Å². The SMILES string of the molecule is CC(=O)NN(CC(C)(C)NC(=O)[C@@H](N)Cc1c(C)cc(O)cc1C)C(=O)CCc1ccc(F)cc1. The van der Waals surface area contributed by atoms with Gasteiger partial charge in [0.15, 0.2) is 0 Å². The van der Waals surface area contributed by atoms with Crippen molar-refractivity contribution < 1.29 is 23.9 Å². The monoisotopic (exact) mass is 486 g/mol. The molecule has 0 saturated heterocycles. The van der Waals surface area contributed by atoms with Crippen molar-refractivity contribution in [2.24, 2.45) is 5.73 Å². The molecule has 190 valence electrons. The molecule has 0 aromatic heterocycles. The molecule has 2 aromatic carbocycles. The van der Waals surface area contributed by atoms with Gasteiger partial charge in [0.25, 0.3) is 0 Å². The fraction of sp³-hybridized carbons (Fsp3) is 0.423. The summed E-state index contributed by atoms with van der Waals surface area (Å²) >= 11 is 0. The van der Waals surface area contributed by atoms with Gasteiger partial charge < -0.3 is 16.2 Å². The van der Waals surface area contributed by atoms with E-state index in [1.54, 1.807) is 38.1 Å². The van der Waals surface area contributed by atoms with Crippen LogP contribution in [0.4, 0.5) is 4.39 Å². The molecule has 35 heavy (non-hydrogen) atoms. The van der Waals surface area contributed by atoms with Crippen LogP contribution >= 0.6 is 0 Å². The fourth-order valence-electron chi connectivity index (χ4n) is 3.88. The second kappa shape index (κ2) is 11.8. The Balaban J connectivity index is 2.03. The van der Waals surface area contributed by atoms with Crippen LogP contribution in [0.2, 0.25) is 0 Å². The van der Waals surface area contributed by atoms with Gasteiger partial charge in [-0.2, -0.15) is 0 Å². The van der Waals surface area contributed by atoms with Crippen LogP contribution < -0.4 is 16.5 Å². The summed E-state index contributed by atoms with van der Waals surface area (Å²) in [6.45, 7) is 8.47. The standard InChI is InChI=1S/C26H35FN4O4/c1-16-12-21(33)13-17(2)22(16)14-23(28)25(35)29-26(4,5)15-31(30-18(3)32)24(34)11-8-19-6-9-20(27)10-7-19/h6-7,9-10,12-13,23,33H,8,11,14-15,28H2,1-5H3,(H,29,35)(H,30,32)/t23-/m0/s1. The summed E-state index contributed by atoms with van der Waals surface area (Å²) in [5.74, 6) is -1.36. The number of carbonyl (C=O) groups excluding carboxylic acids is 3. The molecule has 2 aromatic rings. The number of aromatic hydroxyl groups is 1. The lowest BCUT2D eigenvalue weighted by molar-refractivity contribution is -0.142. The molecular weight excluding hydrogens is 451 g/mol. The van der Waals surface area contributed by atoms with E-state index in [2.05, 4.69) is 10.7 Å². The number of rotatable bonds is 9. The number of carbonyl (C=O) groups is 3. The smallest absolute Gasteiger partial charge is 0.241 e. The summed E-state index contributed by atoms with van der Waals surface area (Å²) in [6, 6.07) is 8.27. The van der Waals surface area contributed by atoms with E-state index in [1.807, 2.05) is 13.8 Å². The Bertz CT molecular complexity index is 1050. The Morgan fingerprint density at radius 3 is 2.23 bits per heavy atom. The van der Waals surface area contributed by atoms with Gasteiger partial charge in [-0.25, -0.2) is 4.39 Å². The van der Waals surface area contributed by atoms with Crippen LogP contribution in [0.15, 0.2) is 36.4 Å². The van der Waals surface area contributed by atoms with Gasteiger partial charge in [0, 0.05) is 13.3 Å². The molecule has 0 radical (unpaired) electrons. The third-order valence-electron chi connectivity index (χ3n) is 5.59. The maximum atomic E-state index is 13.1. The predicted molar refractivity (Wildman–Crippen MR) is 132 cm³/mol. The van der Waals surface area contributed by atoms with Crippen molar-refractivity contribution >= 4 is 17.7 Å². The van der Waals surface area contributed by atoms with E-state index in [1.165, 1.54) is 24.1 Å². The first-order valence-corrected chi connectivity index (χ1v) is 11.5. The molecule has 0 bridgehead atoms. The van der Waals surface area contributed by atoms with Gasteiger partial charge in [0.2, 0.25) is 17.7 Å². The number of hydrogen-bond acceptors (Lipinski definition) is 5. The van der Waals surface area contributed by atoms with Crippen molar-refractivity contribution in [3.05, 3.63) is 64.5 Å². The maximum Gasteiger partial charge on any atom is 0.241 e. The normalized spacial score (nSPS) is 12.1. The molecule has 0 aliphatic heterocycles. The predicted octanol–water partition coefficient (Wildman–Crippen LogP) is 2.43. The average molecular weight is 487 g/mol. The van der Waals surface area contributed by atoms with Gasteiger partial charge in [-0.15, -0.1) is 0 Å². The number of aryl methyl sites for hydroxylation is 3. The summed E-state index contributed by atoms with van der Waals surface area (Å²) in [6.07, 6.45) is 0.749. The van der Waals surface area contributed by atoms with E-state index in [0.717, 1.165) is 22.3 Å². The van der Waals surface area contributed by atoms with Crippen LogP contribution in [-0.2, 0) is 27.2 Å². The lowest BCUT2D eigenvalue weighted by Gasteiger charge is -2.34. The average Bonchev–Trinajstić information content (AvgIpc) is 2.74. The van der Waals surface area contributed by atoms with E-state index >= 15 is 0 Å². The van der Waals surface area contributed by atoms with Gasteiger partial charge in [-0.1, -0.05) is 12.1 Å². The Morgan fingerprint density at radius 2 is 1.69 bits per heavy atom. The summed E-state index contributed by atoms with van der Waals surface area (Å²) < 4.78 is 13.1. The number of phenolic OH excluding ortho intramolecular Hbond substituents is 1. The number of hydrazine groups is 1. The quantitative estimate of drug-likeness (QED) is 0.405. The Labute approximate surface area is 205 Å². The van der Waals surface area contributed by atoms with Crippen LogP contribution in [0.25, 0.3) is 0 Å². The number of nitrogens with two attached hydrogens (primary N) is 1. The first-order chi connectivity index (χ1) is 16.3. The zero-order valence-electron chi connectivity index (χ0n) is 20.9. The number of nitrogens with one attached hydrogen (secondary N) is 2. The van der Waals surface area contributed by atoms with Crippen LogP contribution in [0.3, 0.4) is 0 Å². The molecule has 0 saturated carbocycles. The maximum absolute atomic E-state index is 13.1. The van der Waals surface area contributed by atoms with Crippen molar-refractivity contribution in [3.8, 4) is 5.75 Å². The molecule has 0 fully saturated rings. The number of amides is 3. The Morgan fingerprint density at radius 1 is 1.11 bits per heavy atom. The third kappa shape index (κ3) is 8.68. The first-order valence-electron chi connectivity index (χ1n) is 11.5. The van der Waals surface area contributed by atoms with E-state index in [-0.39, 0.29) is 36.9 Å². The Kier molecular flexibility index (Phi) is 9.36. The molecule has 5 N–H and O–H groups in total. The Hall–Kier alpha value is -3.46. The van der Waals surface area contributed by atoms with E-state index in [0.29, 0.717) is 6.42 Å². The number of hydrogen-bond donors (Lipinski definition) is 4. The highest BCUT2D eigenvalue weighted by molar-refractivity contribution is 5.83. The molecule has 0 unspecified atom stereocenters. The lowest BCUT2D eigenvalue weighted by Crippen LogP contribution is -2.59.